The highest BCUT2D eigenvalue weighted by Gasteiger charge is 2.01. The summed E-state index contributed by atoms with van der Waals surface area (Å²) in [5.74, 6) is -0.260. The molecule has 0 aliphatic heterocycles. The van der Waals surface area contributed by atoms with Crippen LogP contribution in [0, 0.1) is 0 Å². The van der Waals surface area contributed by atoms with E-state index >= 15 is 0 Å². The molecule has 1 aromatic heterocycles. The first-order valence-electron chi connectivity index (χ1n) is 3.29. The van der Waals surface area contributed by atoms with E-state index < -0.39 is 0 Å². The lowest BCUT2D eigenvalue weighted by Gasteiger charge is -1.96. The number of aromatic nitrogens is 1. The van der Waals surface area contributed by atoms with Gasteiger partial charge in [-0.15, -0.1) is 12.4 Å². The Hall–Kier alpha value is -1.09. The van der Waals surface area contributed by atoms with Crippen molar-refractivity contribution in [1.82, 2.24) is 4.98 Å². The molecule has 0 bridgehead atoms. The standard InChI is InChI=1S/C8H9NO2.ClH/c1-11-8(10)6-7-4-2-3-5-9-7;/h2-5H,6H2,1H3;1H. The molecule has 0 saturated carbocycles. The van der Waals surface area contributed by atoms with E-state index in [-0.39, 0.29) is 24.8 Å². The highest BCUT2D eigenvalue weighted by molar-refractivity contribution is 5.85. The van der Waals surface area contributed by atoms with Gasteiger partial charge in [0.1, 0.15) is 0 Å². The molecule has 1 rings (SSSR count). The SMILES string of the molecule is COC(=O)Cc1ccccn1.Cl. The molecule has 0 unspecified atom stereocenters. The number of nitrogens with zero attached hydrogens (tertiary/aromatic N) is 1. The molecule has 0 amide bonds. The van der Waals surface area contributed by atoms with Crippen LogP contribution in [0.25, 0.3) is 0 Å². The summed E-state index contributed by atoms with van der Waals surface area (Å²) in [7, 11) is 1.37. The molecule has 3 nitrogen and oxygen atoms in total. The largest absolute Gasteiger partial charge is 0.469 e. The Morgan fingerprint density at radius 2 is 2.33 bits per heavy atom. The fourth-order valence-electron chi connectivity index (χ4n) is 0.723. The number of carbonyl (C=O) groups excluding carboxylic acids is 1. The van der Waals surface area contributed by atoms with Crippen LogP contribution in [0.2, 0.25) is 0 Å². The molecule has 0 spiro atoms. The first-order chi connectivity index (χ1) is 5.33. The summed E-state index contributed by atoms with van der Waals surface area (Å²) in [6.45, 7) is 0. The quantitative estimate of drug-likeness (QED) is 0.654. The fourth-order valence-corrected chi connectivity index (χ4v) is 0.723. The second kappa shape index (κ2) is 5.55. The number of hydrogen-bond donors (Lipinski definition) is 0. The van der Waals surface area contributed by atoms with Crippen LogP contribution in [0.15, 0.2) is 24.4 Å². The number of methoxy groups -OCH3 is 1. The van der Waals surface area contributed by atoms with Crippen LogP contribution >= 0.6 is 12.4 Å². The molecule has 0 aliphatic rings. The number of esters is 1. The van der Waals surface area contributed by atoms with Crippen LogP contribution < -0.4 is 0 Å². The third-order valence-corrected chi connectivity index (χ3v) is 1.28. The smallest absolute Gasteiger partial charge is 0.311 e. The van der Waals surface area contributed by atoms with Crippen LogP contribution in [0.5, 0.6) is 0 Å². The molecule has 0 radical (unpaired) electrons. The lowest BCUT2D eigenvalue weighted by atomic mass is 10.3. The van der Waals surface area contributed by atoms with Crippen molar-refractivity contribution in [1.29, 1.82) is 0 Å². The normalized spacial score (nSPS) is 8.42. The molecule has 0 N–H and O–H groups in total. The van der Waals surface area contributed by atoms with Crippen LogP contribution in [0.3, 0.4) is 0 Å². The zero-order valence-corrected chi connectivity index (χ0v) is 7.50. The van der Waals surface area contributed by atoms with Gasteiger partial charge in [0, 0.05) is 6.20 Å². The zero-order chi connectivity index (χ0) is 8.10. The molecule has 0 aliphatic carbocycles. The van der Waals surface area contributed by atoms with Crippen molar-refractivity contribution in [2.45, 2.75) is 6.42 Å². The number of carbonyl (C=O) groups is 1. The number of halogens is 1. The van der Waals surface area contributed by atoms with E-state index in [1.807, 2.05) is 6.07 Å². The summed E-state index contributed by atoms with van der Waals surface area (Å²) in [6, 6.07) is 5.43. The van der Waals surface area contributed by atoms with Gasteiger partial charge in [-0.25, -0.2) is 0 Å². The van der Waals surface area contributed by atoms with Gasteiger partial charge in [-0.2, -0.15) is 0 Å². The lowest BCUT2D eigenvalue weighted by molar-refractivity contribution is -0.139. The Morgan fingerprint density at radius 1 is 1.58 bits per heavy atom. The van der Waals surface area contributed by atoms with Crippen molar-refractivity contribution in [2.24, 2.45) is 0 Å². The average Bonchev–Trinajstić information content (AvgIpc) is 2.06. The van der Waals surface area contributed by atoms with E-state index in [2.05, 4.69) is 9.72 Å². The third-order valence-electron chi connectivity index (χ3n) is 1.28. The highest BCUT2D eigenvalue weighted by Crippen LogP contribution is 1.94. The molecule has 4 heteroatoms. The van der Waals surface area contributed by atoms with Crippen molar-refractivity contribution >= 4 is 18.4 Å². The predicted molar refractivity (Wildman–Crippen MR) is 47.2 cm³/mol. The number of hydrogen-bond acceptors (Lipinski definition) is 3. The number of rotatable bonds is 2. The Morgan fingerprint density at radius 3 is 2.83 bits per heavy atom. The van der Waals surface area contributed by atoms with Gasteiger partial charge in [0.2, 0.25) is 0 Å². The maximum absolute atomic E-state index is 10.7. The van der Waals surface area contributed by atoms with Gasteiger partial charge in [-0.05, 0) is 12.1 Å². The van der Waals surface area contributed by atoms with E-state index in [4.69, 9.17) is 0 Å². The van der Waals surface area contributed by atoms with Crippen molar-refractivity contribution in [2.75, 3.05) is 7.11 Å². The van der Waals surface area contributed by atoms with Crippen LogP contribution in [-0.2, 0) is 16.0 Å². The molecule has 12 heavy (non-hydrogen) atoms. The highest BCUT2D eigenvalue weighted by atomic mass is 35.5. The van der Waals surface area contributed by atoms with Gasteiger partial charge >= 0.3 is 5.97 Å². The molecule has 1 heterocycles. The molecule has 0 saturated heterocycles. The maximum Gasteiger partial charge on any atom is 0.311 e. The minimum absolute atomic E-state index is 0. The van der Waals surface area contributed by atoms with Crippen molar-refractivity contribution < 1.29 is 9.53 Å². The Bertz CT molecular complexity index is 238. The summed E-state index contributed by atoms with van der Waals surface area (Å²) >= 11 is 0. The van der Waals surface area contributed by atoms with E-state index in [1.165, 1.54) is 7.11 Å². The summed E-state index contributed by atoms with van der Waals surface area (Å²) < 4.78 is 4.48. The average molecular weight is 188 g/mol. The third kappa shape index (κ3) is 3.34. The number of ether oxygens (including phenoxy) is 1. The van der Waals surface area contributed by atoms with Gasteiger partial charge in [-0.3, -0.25) is 9.78 Å². The first-order valence-corrected chi connectivity index (χ1v) is 3.29. The Balaban J connectivity index is 0.00000121. The van der Waals surface area contributed by atoms with Gasteiger partial charge < -0.3 is 4.74 Å². The molecule has 0 fully saturated rings. The molecular formula is C8H10ClNO2. The molecule has 0 atom stereocenters. The molecule has 1 aromatic rings. The molecule has 0 aromatic carbocycles. The fraction of sp³-hybridized carbons (Fsp3) is 0.250. The van der Waals surface area contributed by atoms with Crippen LogP contribution in [0.1, 0.15) is 5.69 Å². The van der Waals surface area contributed by atoms with E-state index in [1.54, 1.807) is 18.3 Å². The van der Waals surface area contributed by atoms with E-state index in [0.29, 0.717) is 0 Å². The van der Waals surface area contributed by atoms with Gasteiger partial charge in [0.25, 0.3) is 0 Å². The summed E-state index contributed by atoms with van der Waals surface area (Å²) in [5, 5.41) is 0. The number of pyridine rings is 1. The molecule has 66 valence electrons. The first kappa shape index (κ1) is 10.9. The van der Waals surface area contributed by atoms with E-state index in [9.17, 15) is 4.79 Å². The van der Waals surface area contributed by atoms with Crippen molar-refractivity contribution in [3.63, 3.8) is 0 Å². The Labute approximate surface area is 77.2 Å². The van der Waals surface area contributed by atoms with Crippen LogP contribution in [-0.4, -0.2) is 18.1 Å². The minimum atomic E-state index is -0.260. The zero-order valence-electron chi connectivity index (χ0n) is 6.69. The van der Waals surface area contributed by atoms with Gasteiger partial charge in [-0.1, -0.05) is 6.07 Å². The summed E-state index contributed by atoms with van der Waals surface area (Å²) in [4.78, 5) is 14.7. The summed E-state index contributed by atoms with van der Waals surface area (Å²) in [6.07, 6.45) is 1.90. The lowest BCUT2D eigenvalue weighted by Crippen LogP contribution is -2.05. The monoisotopic (exact) mass is 187 g/mol. The summed E-state index contributed by atoms with van der Waals surface area (Å²) in [5.41, 5.74) is 0.736. The Kier molecular flexibility index (Phi) is 5.04. The maximum atomic E-state index is 10.7. The van der Waals surface area contributed by atoms with E-state index in [0.717, 1.165) is 5.69 Å². The topological polar surface area (TPSA) is 39.2 Å². The minimum Gasteiger partial charge on any atom is -0.469 e. The molecular weight excluding hydrogens is 178 g/mol. The van der Waals surface area contributed by atoms with Crippen LogP contribution in [0.4, 0.5) is 0 Å². The second-order valence-corrected chi connectivity index (χ2v) is 2.07. The van der Waals surface area contributed by atoms with Crippen molar-refractivity contribution in [3.05, 3.63) is 30.1 Å². The van der Waals surface area contributed by atoms with Gasteiger partial charge in [0.15, 0.2) is 0 Å². The van der Waals surface area contributed by atoms with Gasteiger partial charge in [0.05, 0.1) is 19.2 Å². The predicted octanol–water partition coefficient (Wildman–Crippen LogP) is 1.22. The second-order valence-electron chi connectivity index (χ2n) is 2.07. The van der Waals surface area contributed by atoms with Crippen molar-refractivity contribution in [3.8, 4) is 0 Å².